The molecule has 0 unspecified atom stereocenters. The first-order chi connectivity index (χ1) is 6.83. The third kappa shape index (κ3) is 1.69. The van der Waals surface area contributed by atoms with Crippen LogP contribution in [0.1, 0.15) is 18.4 Å². The van der Waals surface area contributed by atoms with Gasteiger partial charge in [-0.15, -0.1) is 0 Å². The van der Waals surface area contributed by atoms with Gasteiger partial charge in [-0.05, 0) is 24.4 Å². The monoisotopic (exact) mass is 229 g/mol. The smallest absolute Gasteiger partial charge is 0.162 e. The maximum atomic E-state index is 8.87. The Bertz CT molecular complexity index is 367. The molecule has 0 bridgehead atoms. The second kappa shape index (κ2) is 4.13. The van der Waals surface area contributed by atoms with Gasteiger partial charge in [-0.1, -0.05) is 11.6 Å². The Morgan fingerprint density at radius 1 is 1.57 bits per heavy atom. The van der Waals surface area contributed by atoms with E-state index in [4.69, 9.17) is 21.7 Å². The van der Waals surface area contributed by atoms with Crippen LogP contribution < -0.4 is 5.06 Å². The number of hydrogen-bond donors (Lipinski definition) is 0. The Morgan fingerprint density at radius 3 is 3.07 bits per heavy atom. The zero-order chi connectivity index (χ0) is 9.97. The van der Waals surface area contributed by atoms with Crippen molar-refractivity contribution in [3.63, 3.8) is 0 Å². The van der Waals surface area contributed by atoms with Crippen LogP contribution in [-0.2, 0) is 4.84 Å². The van der Waals surface area contributed by atoms with E-state index >= 15 is 0 Å². The molecule has 0 aliphatic carbocycles. The van der Waals surface area contributed by atoms with E-state index in [1.807, 2.05) is 6.07 Å². The van der Waals surface area contributed by atoms with Crippen molar-refractivity contribution >= 4 is 28.1 Å². The highest BCUT2D eigenvalue weighted by atomic mass is 35.5. The van der Waals surface area contributed by atoms with Gasteiger partial charge in [0.25, 0.3) is 0 Å². The van der Waals surface area contributed by atoms with Crippen molar-refractivity contribution in [1.82, 2.24) is 4.37 Å². The predicted molar refractivity (Wildman–Crippen MR) is 54.4 cm³/mol. The van der Waals surface area contributed by atoms with Gasteiger partial charge in [-0.2, -0.15) is 9.64 Å². The van der Waals surface area contributed by atoms with Gasteiger partial charge in [0.15, 0.2) is 10.2 Å². The molecule has 1 saturated heterocycles. The number of rotatable bonds is 1. The molecule has 0 N–H and O–H groups in total. The third-order valence-corrected chi connectivity index (χ3v) is 3.20. The van der Waals surface area contributed by atoms with Crippen molar-refractivity contribution in [3.05, 3.63) is 10.7 Å². The molecule has 2 heterocycles. The molecule has 1 aromatic heterocycles. The molecule has 4 nitrogen and oxygen atoms in total. The molecule has 1 aliphatic rings. The Morgan fingerprint density at radius 2 is 2.43 bits per heavy atom. The minimum Gasteiger partial charge on any atom is -0.273 e. The van der Waals surface area contributed by atoms with Crippen LogP contribution in [0.15, 0.2) is 0 Å². The van der Waals surface area contributed by atoms with Crippen molar-refractivity contribution in [3.8, 4) is 6.07 Å². The van der Waals surface area contributed by atoms with Gasteiger partial charge in [0, 0.05) is 6.54 Å². The fourth-order valence-electron chi connectivity index (χ4n) is 1.28. The summed E-state index contributed by atoms with van der Waals surface area (Å²) in [6.07, 6.45) is 2.13. The quantitative estimate of drug-likeness (QED) is 0.741. The van der Waals surface area contributed by atoms with Crippen LogP contribution in [0.3, 0.4) is 0 Å². The summed E-state index contributed by atoms with van der Waals surface area (Å²) >= 11 is 6.96. The molecule has 2 rings (SSSR count). The molecule has 6 heteroatoms. The van der Waals surface area contributed by atoms with Crippen molar-refractivity contribution in [2.24, 2.45) is 0 Å². The number of nitriles is 1. The lowest BCUT2D eigenvalue weighted by atomic mass is 10.3. The summed E-state index contributed by atoms with van der Waals surface area (Å²) in [4.78, 5) is 5.41. The van der Waals surface area contributed by atoms with Crippen molar-refractivity contribution in [1.29, 1.82) is 5.26 Å². The van der Waals surface area contributed by atoms with E-state index < -0.39 is 0 Å². The number of anilines is 1. The summed E-state index contributed by atoms with van der Waals surface area (Å²) in [5, 5.41) is 11.6. The van der Waals surface area contributed by atoms with E-state index in [1.54, 1.807) is 5.06 Å². The number of hydrogen-bond acceptors (Lipinski definition) is 5. The summed E-state index contributed by atoms with van der Waals surface area (Å²) in [5.41, 5.74) is 0.415. The molecule has 1 aliphatic heterocycles. The van der Waals surface area contributed by atoms with E-state index in [2.05, 4.69) is 4.37 Å². The van der Waals surface area contributed by atoms with Crippen LogP contribution in [-0.4, -0.2) is 17.5 Å². The molecule has 74 valence electrons. The zero-order valence-electron chi connectivity index (χ0n) is 7.36. The first-order valence-corrected chi connectivity index (χ1v) is 5.44. The Labute approximate surface area is 90.8 Å². The number of halogens is 1. The molecule has 0 atom stereocenters. The first kappa shape index (κ1) is 9.71. The topological polar surface area (TPSA) is 49.2 Å². The minimum absolute atomic E-state index is 0.265. The highest BCUT2D eigenvalue weighted by Crippen LogP contribution is 2.32. The maximum Gasteiger partial charge on any atom is 0.162 e. The number of hydroxylamine groups is 1. The molecule has 0 radical (unpaired) electrons. The van der Waals surface area contributed by atoms with Crippen LogP contribution in [0.5, 0.6) is 0 Å². The second-order valence-corrected chi connectivity index (χ2v) is 4.02. The first-order valence-electron chi connectivity index (χ1n) is 4.28. The molecular formula is C8H8ClN3OS. The highest BCUT2D eigenvalue weighted by molar-refractivity contribution is 7.10. The van der Waals surface area contributed by atoms with Crippen LogP contribution >= 0.6 is 23.1 Å². The summed E-state index contributed by atoms with van der Waals surface area (Å²) in [6.45, 7) is 1.49. The van der Waals surface area contributed by atoms with Gasteiger partial charge >= 0.3 is 0 Å². The fourth-order valence-corrected chi connectivity index (χ4v) is 2.30. The zero-order valence-corrected chi connectivity index (χ0v) is 8.94. The average molecular weight is 230 g/mol. The maximum absolute atomic E-state index is 8.87. The van der Waals surface area contributed by atoms with Gasteiger partial charge in [0.2, 0.25) is 0 Å². The van der Waals surface area contributed by atoms with Crippen LogP contribution in [0.25, 0.3) is 0 Å². The lowest BCUT2D eigenvalue weighted by molar-refractivity contribution is 0.0791. The molecule has 1 fully saturated rings. The van der Waals surface area contributed by atoms with Gasteiger partial charge in [-0.25, -0.2) is 5.06 Å². The molecular weight excluding hydrogens is 222 g/mol. The summed E-state index contributed by atoms with van der Waals surface area (Å²) in [5.74, 6) is 0. The Balaban J connectivity index is 2.26. The summed E-state index contributed by atoms with van der Waals surface area (Å²) in [7, 11) is 0. The van der Waals surface area contributed by atoms with Crippen molar-refractivity contribution < 1.29 is 4.84 Å². The molecule has 0 spiro atoms. The number of nitrogens with zero attached hydrogens (tertiary/aromatic N) is 3. The molecule has 0 amide bonds. The standard InChI is InChI=1S/C8H8ClN3OS/c9-7-6(5-10)8(14-11-7)12-3-1-2-4-13-12/h1-4H2. The Kier molecular flexibility index (Phi) is 2.87. The molecule has 1 aromatic rings. The van der Waals surface area contributed by atoms with Crippen LogP contribution in [0.2, 0.25) is 5.15 Å². The minimum atomic E-state index is 0.265. The van der Waals surface area contributed by atoms with E-state index in [9.17, 15) is 0 Å². The van der Waals surface area contributed by atoms with Crippen LogP contribution in [0, 0.1) is 11.3 Å². The highest BCUT2D eigenvalue weighted by Gasteiger charge is 2.20. The lowest BCUT2D eigenvalue weighted by Crippen LogP contribution is -2.29. The largest absolute Gasteiger partial charge is 0.273 e. The normalized spacial score (nSPS) is 16.7. The van der Waals surface area contributed by atoms with Gasteiger partial charge < -0.3 is 0 Å². The van der Waals surface area contributed by atoms with Crippen molar-refractivity contribution in [2.45, 2.75) is 12.8 Å². The second-order valence-electron chi connectivity index (χ2n) is 2.91. The Hall–Kier alpha value is -0.830. The number of aromatic nitrogens is 1. The van der Waals surface area contributed by atoms with Gasteiger partial charge in [0.1, 0.15) is 11.6 Å². The predicted octanol–water partition coefficient (Wildman–Crippen LogP) is 2.20. The SMILES string of the molecule is N#Cc1c(Cl)nsc1N1CCCCO1. The van der Waals surface area contributed by atoms with Crippen LogP contribution in [0.4, 0.5) is 5.00 Å². The van der Waals surface area contributed by atoms with Crippen molar-refractivity contribution in [2.75, 3.05) is 18.2 Å². The van der Waals surface area contributed by atoms with E-state index in [-0.39, 0.29) is 5.15 Å². The summed E-state index contributed by atoms with van der Waals surface area (Å²) in [6, 6.07) is 2.04. The molecule has 0 aromatic carbocycles. The van der Waals surface area contributed by atoms with Gasteiger partial charge in [0.05, 0.1) is 6.61 Å². The average Bonchev–Trinajstić information content (AvgIpc) is 2.61. The lowest BCUT2D eigenvalue weighted by Gasteiger charge is -2.26. The van der Waals surface area contributed by atoms with E-state index in [0.29, 0.717) is 12.2 Å². The van der Waals surface area contributed by atoms with Gasteiger partial charge in [-0.3, -0.25) is 4.84 Å². The van der Waals surface area contributed by atoms with E-state index in [1.165, 1.54) is 11.5 Å². The van der Waals surface area contributed by atoms with E-state index in [0.717, 1.165) is 24.4 Å². The fraction of sp³-hybridized carbons (Fsp3) is 0.500. The molecule has 14 heavy (non-hydrogen) atoms. The summed E-state index contributed by atoms with van der Waals surface area (Å²) < 4.78 is 3.93. The third-order valence-electron chi connectivity index (χ3n) is 1.97. The molecule has 0 saturated carbocycles.